The number of carbonyl (C=O) groups is 1. The van der Waals surface area contributed by atoms with Crippen LogP contribution in [0.5, 0.6) is 11.6 Å². The zero-order chi connectivity index (χ0) is 32.5. The molecule has 242 valence electrons. The number of hydrogen-bond donors (Lipinski definition) is 2. The molecule has 1 aromatic heterocycles. The summed E-state index contributed by atoms with van der Waals surface area (Å²) in [5, 5.41) is 5.89. The van der Waals surface area contributed by atoms with E-state index in [2.05, 4.69) is 25.5 Å². The van der Waals surface area contributed by atoms with Gasteiger partial charge in [-0.3, -0.25) is 4.79 Å². The van der Waals surface area contributed by atoms with E-state index in [0.717, 1.165) is 42.1 Å². The molecular weight excluding hydrogens is 613 g/mol. The molecule has 1 fully saturated rings. The minimum atomic E-state index is -4.86. The standard InChI is InChI=1S/C30H35F3N6O5S/c1-38-13-11-20(12-14-38)35-27(40)19-9-10-24(43-3)23(15-19)36-29-34-17-22(30(31,32)33)28(37-29)44-25-16-18-7-5-6-8-21(18)26(25)39(2)45(4,41)42/h5-10,15,17,20,25-26H,11-14,16H2,1-4H3,(H,35,40)(H,34,36,37)/t25-,26-/m1/s1. The molecule has 0 saturated carbocycles. The number of aromatic nitrogens is 2. The van der Waals surface area contributed by atoms with Gasteiger partial charge in [0.05, 0.1) is 25.1 Å². The van der Waals surface area contributed by atoms with Gasteiger partial charge in [0.1, 0.15) is 17.4 Å². The van der Waals surface area contributed by atoms with Crippen LogP contribution in [0.1, 0.15) is 45.9 Å². The number of carbonyl (C=O) groups excluding carboxylic acids is 1. The number of ether oxygens (including phenoxy) is 2. The van der Waals surface area contributed by atoms with Crippen molar-refractivity contribution in [2.45, 2.75) is 43.6 Å². The molecule has 0 spiro atoms. The van der Waals surface area contributed by atoms with Crippen molar-refractivity contribution in [3.05, 3.63) is 70.9 Å². The van der Waals surface area contributed by atoms with Crippen LogP contribution in [0.15, 0.2) is 48.7 Å². The first-order valence-corrected chi connectivity index (χ1v) is 16.2. The lowest BCUT2D eigenvalue weighted by atomic mass is 10.0. The van der Waals surface area contributed by atoms with Crippen molar-refractivity contribution in [3.8, 4) is 11.6 Å². The normalized spacial score (nSPS) is 19.3. The van der Waals surface area contributed by atoms with Gasteiger partial charge in [0.25, 0.3) is 5.91 Å². The fourth-order valence-corrected chi connectivity index (χ4v) is 6.28. The Morgan fingerprint density at radius 3 is 2.51 bits per heavy atom. The number of nitrogens with one attached hydrogen (secondary N) is 2. The Bertz CT molecular complexity index is 1660. The molecular formula is C30H35F3N6O5S. The Hall–Kier alpha value is -3.95. The first-order valence-electron chi connectivity index (χ1n) is 14.3. The summed E-state index contributed by atoms with van der Waals surface area (Å²) in [4.78, 5) is 23.2. The van der Waals surface area contributed by atoms with E-state index in [0.29, 0.717) is 23.1 Å². The van der Waals surface area contributed by atoms with Crippen molar-refractivity contribution < 1.29 is 35.9 Å². The van der Waals surface area contributed by atoms with E-state index in [1.165, 1.54) is 20.2 Å². The topological polar surface area (TPSA) is 126 Å². The van der Waals surface area contributed by atoms with Gasteiger partial charge in [0.2, 0.25) is 21.9 Å². The first kappa shape index (κ1) is 32.4. The average Bonchev–Trinajstić information content (AvgIpc) is 3.34. The number of halogens is 3. The largest absolute Gasteiger partial charge is 0.495 e. The molecule has 1 amide bonds. The lowest BCUT2D eigenvalue weighted by molar-refractivity contribution is -0.140. The molecule has 45 heavy (non-hydrogen) atoms. The second kappa shape index (κ2) is 12.8. The van der Waals surface area contributed by atoms with Crippen molar-refractivity contribution >= 4 is 27.6 Å². The van der Waals surface area contributed by atoms with Crippen molar-refractivity contribution in [1.82, 2.24) is 24.5 Å². The molecule has 15 heteroatoms. The number of likely N-dealkylation sites (tertiary alicyclic amines) is 1. The fraction of sp³-hybridized carbons (Fsp3) is 0.433. The summed E-state index contributed by atoms with van der Waals surface area (Å²) in [6, 6.07) is 10.8. The summed E-state index contributed by atoms with van der Waals surface area (Å²) in [7, 11) is 1.06. The Labute approximate surface area is 259 Å². The average molecular weight is 649 g/mol. The summed E-state index contributed by atoms with van der Waals surface area (Å²) in [6.45, 7) is 1.74. The maximum atomic E-state index is 14.1. The van der Waals surface area contributed by atoms with Gasteiger partial charge in [0, 0.05) is 31.3 Å². The number of hydrogen-bond acceptors (Lipinski definition) is 9. The minimum absolute atomic E-state index is 0.0254. The zero-order valence-electron chi connectivity index (χ0n) is 25.3. The smallest absolute Gasteiger partial charge is 0.423 e. The van der Waals surface area contributed by atoms with Gasteiger partial charge in [0.15, 0.2) is 0 Å². The maximum absolute atomic E-state index is 14.1. The third kappa shape index (κ3) is 7.31. The molecule has 2 aliphatic rings. The van der Waals surface area contributed by atoms with Crippen molar-refractivity contribution in [2.24, 2.45) is 0 Å². The van der Waals surface area contributed by atoms with E-state index in [-0.39, 0.29) is 30.0 Å². The number of alkyl halides is 3. The number of amides is 1. The molecule has 0 radical (unpaired) electrons. The van der Waals surface area contributed by atoms with E-state index in [1.54, 1.807) is 36.4 Å². The third-order valence-electron chi connectivity index (χ3n) is 8.15. The number of anilines is 2. The van der Waals surface area contributed by atoms with Crippen LogP contribution in [0.3, 0.4) is 0 Å². The molecule has 3 aromatic rings. The van der Waals surface area contributed by atoms with E-state index in [9.17, 15) is 26.4 Å². The van der Waals surface area contributed by atoms with Gasteiger partial charge in [-0.25, -0.2) is 13.4 Å². The zero-order valence-corrected chi connectivity index (χ0v) is 26.1. The monoisotopic (exact) mass is 648 g/mol. The number of rotatable bonds is 9. The Balaban J connectivity index is 1.44. The molecule has 1 aliphatic carbocycles. The molecule has 5 rings (SSSR count). The van der Waals surface area contributed by atoms with Gasteiger partial charge < -0.3 is 25.0 Å². The highest BCUT2D eigenvalue weighted by Crippen LogP contribution is 2.42. The minimum Gasteiger partial charge on any atom is -0.495 e. The van der Waals surface area contributed by atoms with E-state index in [1.807, 2.05) is 7.05 Å². The van der Waals surface area contributed by atoms with E-state index in [4.69, 9.17) is 9.47 Å². The molecule has 2 heterocycles. The summed E-state index contributed by atoms with van der Waals surface area (Å²) >= 11 is 0. The quantitative estimate of drug-likeness (QED) is 0.354. The maximum Gasteiger partial charge on any atom is 0.423 e. The summed E-state index contributed by atoms with van der Waals surface area (Å²) < 4.78 is 79.7. The molecule has 11 nitrogen and oxygen atoms in total. The summed E-state index contributed by atoms with van der Waals surface area (Å²) in [5.74, 6) is -1.00. The van der Waals surface area contributed by atoms with Gasteiger partial charge in [-0.15, -0.1) is 0 Å². The molecule has 1 aliphatic heterocycles. The predicted octanol–water partition coefficient (Wildman–Crippen LogP) is 4.01. The second-order valence-electron chi connectivity index (χ2n) is 11.3. The molecule has 2 aromatic carbocycles. The van der Waals surface area contributed by atoms with Gasteiger partial charge in [-0.1, -0.05) is 24.3 Å². The van der Waals surface area contributed by atoms with Gasteiger partial charge in [-0.2, -0.15) is 22.5 Å². The van der Waals surface area contributed by atoms with Crippen molar-refractivity contribution in [2.75, 3.05) is 45.9 Å². The van der Waals surface area contributed by atoms with Crippen LogP contribution in [0.25, 0.3) is 0 Å². The number of benzene rings is 2. The van der Waals surface area contributed by atoms with Gasteiger partial charge >= 0.3 is 6.18 Å². The number of fused-ring (bicyclic) bond motifs is 1. The molecule has 1 saturated heterocycles. The highest BCUT2D eigenvalue weighted by molar-refractivity contribution is 7.88. The number of likely N-dealkylation sites (N-methyl/N-ethyl adjacent to an activating group) is 1. The number of piperidine rings is 1. The first-order chi connectivity index (χ1) is 21.2. The Kier molecular flexibility index (Phi) is 9.23. The summed E-state index contributed by atoms with van der Waals surface area (Å²) in [6.07, 6.45) is -2.45. The van der Waals surface area contributed by atoms with E-state index < -0.39 is 39.8 Å². The molecule has 2 N–H and O–H groups in total. The van der Waals surface area contributed by atoms with Gasteiger partial charge in [-0.05, 0) is 62.3 Å². The van der Waals surface area contributed by atoms with Crippen molar-refractivity contribution in [3.63, 3.8) is 0 Å². The van der Waals surface area contributed by atoms with Crippen LogP contribution in [-0.2, 0) is 22.6 Å². The Morgan fingerprint density at radius 2 is 1.84 bits per heavy atom. The fourth-order valence-electron chi connectivity index (χ4n) is 5.62. The number of sulfonamides is 1. The summed E-state index contributed by atoms with van der Waals surface area (Å²) in [5.41, 5.74) is 0.738. The third-order valence-corrected chi connectivity index (χ3v) is 9.42. The van der Waals surface area contributed by atoms with Crippen molar-refractivity contribution in [1.29, 1.82) is 0 Å². The number of nitrogens with zero attached hydrogens (tertiary/aromatic N) is 4. The van der Waals surface area contributed by atoms with Crippen LogP contribution in [0.2, 0.25) is 0 Å². The van der Waals surface area contributed by atoms with E-state index >= 15 is 0 Å². The molecule has 2 atom stereocenters. The predicted molar refractivity (Wildman–Crippen MR) is 161 cm³/mol. The second-order valence-corrected chi connectivity index (χ2v) is 13.3. The lowest BCUT2D eigenvalue weighted by Crippen LogP contribution is -2.43. The number of methoxy groups -OCH3 is 1. The van der Waals surface area contributed by atoms with Crippen LogP contribution in [0, 0.1) is 0 Å². The molecule has 0 unspecified atom stereocenters. The van der Waals surface area contributed by atoms with Crippen LogP contribution >= 0.6 is 0 Å². The lowest BCUT2D eigenvalue weighted by Gasteiger charge is -2.29. The highest BCUT2D eigenvalue weighted by Gasteiger charge is 2.43. The molecule has 0 bridgehead atoms. The highest BCUT2D eigenvalue weighted by atomic mass is 32.2. The SMILES string of the molecule is COc1ccc(C(=O)NC2CCN(C)CC2)cc1Nc1ncc(C(F)(F)F)c(O[C@@H]2Cc3ccccc3[C@H]2N(C)S(C)(=O)=O)n1. The van der Waals surface area contributed by atoms with Crippen LogP contribution in [-0.4, -0.2) is 86.2 Å². The van der Waals surface area contributed by atoms with Crippen LogP contribution < -0.4 is 20.1 Å². The van der Waals surface area contributed by atoms with Crippen LogP contribution in [0.4, 0.5) is 24.8 Å². The Morgan fingerprint density at radius 1 is 1.13 bits per heavy atom.